The quantitative estimate of drug-likeness (QED) is 0.704. The fourth-order valence-electron chi connectivity index (χ4n) is 4.16. The Kier molecular flexibility index (Phi) is 3.89. The molecule has 4 heteroatoms. The highest BCUT2D eigenvalue weighted by Gasteiger charge is 2.77. The second kappa shape index (κ2) is 5.29. The number of carbonyl (C=O) groups excluding carboxylic acids is 1. The van der Waals surface area contributed by atoms with Crippen molar-refractivity contribution in [3.63, 3.8) is 0 Å². The molecule has 1 fully saturated rings. The summed E-state index contributed by atoms with van der Waals surface area (Å²) in [6.07, 6.45) is 0. The predicted molar refractivity (Wildman–Crippen MR) is 105 cm³/mol. The minimum absolute atomic E-state index is 0.0582. The molecule has 1 saturated carbocycles. The lowest BCUT2D eigenvalue weighted by Crippen LogP contribution is -2.72. The lowest BCUT2D eigenvalue weighted by Gasteiger charge is -2.61. The van der Waals surface area contributed by atoms with Crippen molar-refractivity contribution in [2.24, 2.45) is 16.2 Å². The van der Waals surface area contributed by atoms with Crippen LogP contribution in [0.5, 0.6) is 0 Å². The van der Waals surface area contributed by atoms with Gasteiger partial charge < -0.3 is 9.64 Å². The summed E-state index contributed by atoms with van der Waals surface area (Å²) in [6, 6.07) is 10.2. The van der Waals surface area contributed by atoms with Crippen molar-refractivity contribution in [2.75, 3.05) is 11.9 Å². The van der Waals surface area contributed by atoms with Crippen LogP contribution in [0.2, 0.25) is 0 Å². The second-order valence-electron chi connectivity index (χ2n) is 9.18. The van der Waals surface area contributed by atoms with Crippen LogP contribution in [0.25, 0.3) is 0 Å². The molecule has 0 aromatic heterocycles. The molecule has 25 heavy (non-hydrogen) atoms. The van der Waals surface area contributed by atoms with Crippen molar-refractivity contribution in [1.29, 1.82) is 0 Å². The summed E-state index contributed by atoms with van der Waals surface area (Å²) in [5.41, 5.74) is -0.0104. The maximum atomic E-state index is 12.7. The number of benzene rings is 1. The van der Waals surface area contributed by atoms with Gasteiger partial charge in [-0.3, -0.25) is 4.79 Å². The van der Waals surface area contributed by atoms with Gasteiger partial charge in [0.1, 0.15) is 0 Å². The van der Waals surface area contributed by atoms with Crippen LogP contribution in [0.3, 0.4) is 0 Å². The zero-order valence-corrected chi connectivity index (χ0v) is 17.4. The Morgan fingerprint density at radius 3 is 2.00 bits per heavy atom. The average molecular weight is 360 g/mol. The van der Waals surface area contributed by atoms with Crippen molar-refractivity contribution >= 4 is 23.2 Å². The number of thioether (sulfide) groups is 1. The lowest BCUT2D eigenvalue weighted by atomic mass is 9.51. The number of hydrogen-bond acceptors (Lipinski definition) is 4. The van der Waals surface area contributed by atoms with Crippen molar-refractivity contribution in [3.05, 3.63) is 41.1 Å². The number of carbonyl (C=O) groups is 1. The summed E-state index contributed by atoms with van der Waals surface area (Å²) in [5.74, 6) is 1.14. The summed E-state index contributed by atoms with van der Waals surface area (Å²) in [7, 11) is 2.04. The van der Waals surface area contributed by atoms with Gasteiger partial charge in [-0.15, -0.1) is 0 Å². The van der Waals surface area contributed by atoms with Crippen LogP contribution in [0.15, 0.2) is 41.1 Å². The standard InChI is InChI=1S/C21H29NO2S/c1-18(2,3)15-16(22(8)14-12-10-9-11-13-14)24-21(25-15)19(4,5)17(23)20(21,6)7/h9-13H,1-8H3. The van der Waals surface area contributed by atoms with Crippen LogP contribution >= 0.6 is 11.8 Å². The smallest absolute Gasteiger partial charge is 0.205 e. The van der Waals surface area contributed by atoms with E-state index in [4.69, 9.17) is 4.74 Å². The fraction of sp³-hybridized carbons (Fsp3) is 0.571. The molecule has 3 rings (SSSR count). The zero-order chi connectivity index (χ0) is 18.8. The fourth-order valence-corrected chi connectivity index (χ4v) is 5.84. The van der Waals surface area contributed by atoms with E-state index in [1.54, 1.807) is 11.8 Å². The van der Waals surface area contributed by atoms with Gasteiger partial charge in [0, 0.05) is 12.7 Å². The van der Waals surface area contributed by atoms with Crippen LogP contribution in [0, 0.1) is 16.2 Å². The number of ether oxygens (including phenoxy) is 1. The number of hydrogen-bond donors (Lipinski definition) is 0. The first-order valence-corrected chi connectivity index (χ1v) is 9.64. The first kappa shape index (κ1) is 18.4. The number of rotatable bonds is 2. The molecule has 1 aliphatic heterocycles. The number of ketones is 1. The lowest BCUT2D eigenvalue weighted by molar-refractivity contribution is -0.194. The number of para-hydroxylation sites is 1. The Balaban J connectivity index is 2.08. The predicted octanol–water partition coefficient (Wildman–Crippen LogP) is 5.43. The Morgan fingerprint density at radius 2 is 1.52 bits per heavy atom. The summed E-state index contributed by atoms with van der Waals surface area (Å²) < 4.78 is 6.69. The van der Waals surface area contributed by atoms with Crippen LogP contribution in [0.4, 0.5) is 5.69 Å². The molecule has 0 bridgehead atoms. The highest BCUT2D eigenvalue weighted by atomic mass is 32.2. The Bertz CT molecular complexity index is 723. The molecule has 0 unspecified atom stereocenters. The van der Waals surface area contributed by atoms with E-state index in [0.717, 1.165) is 11.6 Å². The summed E-state index contributed by atoms with van der Waals surface area (Å²) >= 11 is 1.75. The topological polar surface area (TPSA) is 29.5 Å². The van der Waals surface area contributed by atoms with Crippen molar-refractivity contribution in [1.82, 2.24) is 0 Å². The molecular formula is C21H29NO2S. The first-order valence-electron chi connectivity index (χ1n) is 8.83. The maximum Gasteiger partial charge on any atom is 0.205 e. The molecule has 3 nitrogen and oxygen atoms in total. The normalized spacial score (nSPS) is 23.4. The van der Waals surface area contributed by atoms with Gasteiger partial charge in [-0.2, -0.15) is 0 Å². The van der Waals surface area contributed by atoms with Crippen LogP contribution < -0.4 is 4.90 Å². The Morgan fingerprint density at radius 1 is 1.00 bits per heavy atom. The molecule has 0 saturated heterocycles. The highest BCUT2D eigenvalue weighted by Crippen LogP contribution is 2.72. The monoisotopic (exact) mass is 359 g/mol. The number of Topliss-reactive ketones (excluding diaryl/α,β-unsaturated/α-hetero) is 1. The van der Waals surface area contributed by atoms with E-state index in [9.17, 15) is 4.79 Å². The molecule has 1 heterocycles. The van der Waals surface area contributed by atoms with Gasteiger partial charge in [0.15, 0.2) is 10.7 Å². The van der Waals surface area contributed by atoms with Crippen molar-refractivity contribution in [3.8, 4) is 0 Å². The van der Waals surface area contributed by atoms with E-state index in [2.05, 4.69) is 37.8 Å². The molecule has 0 N–H and O–H groups in total. The summed E-state index contributed by atoms with van der Waals surface area (Å²) in [4.78, 5) is 15.5. The number of nitrogens with zero attached hydrogens (tertiary/aromatic N) is 1. The van der Waals surface area contributed by atoms with Gasteiger partial charge in [0.2, 0.25) is 5.88 Å². The molecule has 2 aliphatic rings. The Labute approximate surface area is 155 Å². The SMILES string of the molecule is CN(C1=C(C(C)(C)C)SC2(O1)C(C)(C)C(=O)C2(C)C)c1ccccc1. The van der Waals surface area contributed by atoms with Gasteiger partial charge in [0.05, 0.1) is 15.7 Å². The third-order valence-electron chi connectivity index (χ3n) is 5.59. The second-order valence-corrected chi connectivity index (χ2v) is 10.4. The van der Waals surface area contributed by atoms with Gasteiger partial charge in [-0.05, 0) is 45.2 Å². The van der Waals surface area contributed by atoms with Crippen LogP contribution in [0.1, 0.15) is 48.5 Å². The summed E-state index contributed by atoms with van der Waals surface area (Å²) in [6.45, 7) is 14.7. The largest absolute Gasteiger partial charge is 0.458 e. The van der Waals surface area contributed by atoms with Crippen molar-refractivity contribution in [2.45, 2.75) is 53.4 Å². The molecule has 0 radical (unpaired) electrons. The van der Waals surface area contributed by atoms with Crippen LogP contribution in [-0.2, 0) is 9.53 Å². The van der Waals surface area contributed by atoms with E-state index in [-0.39, 0.29) is 11.2 Å². The van der Waals surface area contributed by atoms with E-state index in [1.807, 2.05) is 52.9 Å². The molecule has 1 aromatic carbocycles. The van der Waals surface area contributed by atoms with E-state index in [1.165, 1.54) is 4.91 Å². The van der Waals surface area contributed by atoms with Gasteiger partial charge in [-0.25, -0.2) is 0 Å². The zero-order valence-electron chi connectivity index (χ0n) is 16.6. The Hall–Kier alpha value is -1.42. The molecule has 1 spiro atoms. The molecule has 0 atom stereocenters. The molecule has 1 aromatic rings. The maximum absolute atomic E-state index is 12.7. The average Bonchev–Trinajstić information content (AvgIpc) is 2.98. The van der Waals surface area contributed by atoms with E-state index in [0.29, 0.717) is 0 Å². The first-order chi connectivity index (χ1) is 11.4. The molecule has 1 aliphatic carbocycles. The number of allylic oxidation sites excluding steroid dienone is 1. The molecule has 0 amide bonds. The van der Waals surface area contributed by atoms with Gasteiger partial charge in [0.25, 0.3) is 0 Å². The molecular weight excluding hydrogens is 330 g/mol. The van der Waals surface area contributed by atoms with Gasteiger partial charge in [-0.1, -0.05) is 50.7 Å². The van der Waals surface area contributed by atoms with Crippen molar-refractivity contribution < 1.29 is 9.53 Å². The minimum atomic E-state index is -0.557. The minimum Gasteiger partial charge on any atom is -0.458 e. The third kappa shape index (κ3) is 2.29. The highest BCUT2D eigenvalue weighted by molar-refractivity contribution is 8.04. The number of anilines is 1. The third-order valence-corrected chi connectivity index (χ3v) is 7.97. The van der Waals surface area contributed by atoms with E-state index >= 15 is 0 Å². The summed E-state index contributed by atoms with van der Waals surface area (Å²) in [5, 5.41) is 0. The molecule has 136 valence electrons. The van der Waals surface area contributed by atoms with Gasteiger partial charge >= 0.3 is 0 Å². The van der Waals surface area contributed by atoms with E-state index < -0.39 is 15.8 Å². The van der Waals surface area contributed by atoms with Crippen LogP contribution in [-0.4, -0.2) is 17.8 Å².